The predicted molar refractivity (Wildman–Crippen MR) is 43.2 cm³/mol. The number of rotatable bonds is 3. The van der Waals surface area contributed by atoms with Gasteiger partial charge in [0.2, 0.25) is 6.29 Å². The fourth-order valence-corrected chi connectivity index (χ4v) is 1.17. The highest BCUT2D eigenvalue weighted by Crippen LogP contribution is 2.03. The van der Waals surface area contributed by atoms with Crippen molar-refractivity contribution in [2.24, 2.45) is 0 Å². The Bertz CT molecular complexity index is 144. The summed E-state index contributed by atoms with van der Waals surface area (Å²) in [6.45, 7) is 7.56. The summed E-state index contributed by atoms with van der Waals surface area (Å²) in [7, 11) is 0. The normalized spacial score (nSPS) is 10.4. The van der Waals surface area contributed by atoms with Crippen LogP contribution in [0.15, 0.2) is 0 Å². The van der Waals surface area contributed by atoms with Crippen molar-refractivity contribution in [2.45, 2.75) is 39.8 Å². The van der Waals surface area contributed by atoms with Crippen LogP contribution in [0.1, 0.15) is 27.7 Å². The van der Waals surface area contributed by atoms with Crippen molar-refractivity contribution in [3.63, 3.8) is 0 Å². The van der Waals surface area contributed by atoms with E-state index in [1.807, 2.05) is 27.7 Å². The Hall–Kier alpha value is -0.860. The summed E-state index contributed by atoms with van der Waals surface area (Å²) < 4.78 is 0. The monoisotopic (exact) mass is 157 g/mol. The molecule has 0 saturated heterocycles. The third-order valence-corrected chi connectivity index (χ3v) is 1.47. The third-order valence-electron chi connectivity index (χ3n) is 1.47. The maximum atomic E-state index is 11.0. The lowest BCUT2D eigenvalue weighted by molar-refractivity contribution is -0.141. The minimum Gasteiger partial charge on any atom is -0.332 e. The van der Waals surface area contributed by atoms with Gasteiger partial charge in [-0.2, -0.15) is 0 Å². The van der Waals surface area contributed by atoms with E-state index in [-0.39, 0.29) is 12.1 Å². The van der Waals surface area contributed by atoms with Crippen LogP contribution in [-0.4, -0.2) is 29.2 Å². The molecule has 0 fully saturated rings. The van der Waals surface area contributed by atoms with Crippen molar-refractivity contribution >= 4 is 12.2 Å². The zero-order valence-electron chi connectivity index (χ0n) is 7.50. The van der Waals surface area contributed by atoms with Crippen LogP contribution in [-0.2, 0) is 9.59 Å². The zero-order valence-corrected chi connectivity index (χ0v) is 7.50. The van der Waals surface area contributed by atoms with Crippen molar-refractivity contribution in [3.05, 3.63) is 0 Å². The van der Waals surface area contributed by atoms with Crippen LogP contribution in [0.2, 0.25) is 0 Å². The van der Waals surface area contributed by atoms with E-state index in [0.717, 1.165) is 0 Å². The molecule has 3 heteroatoms. The Labute approximate surface area is 67.4 Å². The SMILES string of the molecule is CC(C)N(C(=O)C=O)C(C)C. The molecule has 0 aromatic heterocycles. The van der Waals surface area contributed by atoms with Crippen molar-refractivity contribution in [3.8, 4) is 0 Å². The van der Waals surface area contributed by atoms with Crippen LogP contribution >= 0.6 is 0 Å². The number of hydrogen-bond donors (Lipinski definition) is 0. The highest BCUT2D eigenvalue weighted by Gasteiger charge is 2.18. The van der Waals surface area contributed by atoms with Gasteiger partial charge in [-0.25, -0.2) is 0 Å². The van der Waals surface area contributed by atoms with E-state index in [1.165, 1.54) is 0 Å². The van der Waals surface area contributed by atoms with Crippen molar-refractivity contribution in [2.75, 3.05) is 0 Å². The third kappa shape index (κ3) is 2.70. The van der Waals surface area contributed by atoms with Gasteiger partial charge in [0, 0.05) is 12.1 Å². The molecule has 0 N–H and O–H groups in total. The molecular weight excluding hydrogens is 142 g/mol. The van der Waals surface area contributed by atoms with Crippen LogP contribution in [0.25, 0.3) is 0 Å². The summed E-state index contributed by atoms with van der Waals surface area (Å²) in [6, 6.07) is 0.181. The second kappa shape index (κ2) is 4.11. The number of hydrogen-bond acceptors (Lipinski definition) is 2. The Morgan fingerprint density at radius 3 is 1.64 bits per heavy atom. The summed E-state index contributed by atoms with van der Waals surface area (Å²) in [5, 5.41) is 0. The van der Waals surface area contributed by atoms with Gasteiger partial charge in [-0.1, -0.05) is 0 Å². The van der Waals surface area contributed by atoms with E-state index in [4.69, 9.17) is 0 Å². The van der Waals surface area contributed by atoms with Crippen LogP contribution in [0.3, 0.4) is 0 Å². The van der Waals surface area contributed by atoms with Gasteiger partial charge in [0.05, 0.1) is 0 Å². The Morgan fingerprint density at radius 2 is 1.55 bits per heavy atom. The van der Waals surface area contributed by atoms with Gasteiger partial charge in [0.1, 0.15) is 0 Å². The molecule has 1 amide bonds. The summed E-state index contributed by atoms with van der Waals surface area (Å²) in [4.78, 5) is 22.7. The average molecular weight is 157 g/mol. The Morgan fingerprint density at radius 1 is 1.18 bits per heavy atom. The molecule has 3 nitrogen and oxygen atoms in total. The number of carbonyl (C=O) groups is 2. The first-order valence-electron chi connectivity index (χ1n) is 3.78. The van der Waals surface area contributed by atoms with Gasteiger partial charge in [0.15, 0.2) is 0 Å². The highest BCUT2D eigenvalue weighted by molar-refractivity contribution is 6.23. The minimum absolute atomic E-state index is 0.0905. The topological polar surface area (TPSA) is 37.4 Å². The molecular formula is C8H15NO2. The molecule has 0 aromatic rings. The largest absolute Gasteiger partial charge is 0.332 e. The molecule has 0 aliphatic rings. The summed E-state index contributed by atoms with van der Waals surface area (Å²) >= 11 is 0. The molecule has 0 unspecified atom stereocenters. The van der Waals surface area contributed by atoms with Gasteiger partial charge in [-0.15, -0.1) is 0 Å². The van der Waals surface area contributed by atoms with Crippen molar-refractivity contribution in [1.82, 2.24) is 4.90 Å². The van der Waals surface area contributed by atoms with Crippen LogP contribution in [0.4, 0.5) is 0 Å². The van der Waals surface area contributed by atoms with Crippen molar-refractivity contribution in [1.29, 1.82) is 0 Å². The van der Waals surface area contributed by atoms with Crippen LogP contribution in [0, 0.1) is 0 Å². The number of amides is 1. The molecule has 0 rings (SSSR count). The van der Waals surface area contributed by atoms with Gasteiger partial charge >= 0.3 is 0 Å². The summed E-state index contributed by atoms with van der Waals surface area (Å²) in [5.41, 5.74) is 0. The molecule has 0 heterocycles. The van der Waals surface area contributed by atoms with Crippen LogP contribution in [0.5, 0.6) is 0 Å². The van der Waals surface area contributed by atoms with Crippen molar-refractivity contribution < 1.29 is 9.59 Å². The molecule has 0 atom stereocenters. The first-order valence-corrected chi connectivity index (χ1v) is 3.78. The van der Waals surface area contributed by atoms with Crippen LogP contribution < -0.4 is 0 Å². The lowest BCUT2D eigenvalue weighted by Crippen LogP contribution is -2.42. The molecule has 0 bridgehead atoms. The predicted octanol–water partition coefficient (Wildman–Crippen LogP) is 0.831. The first-order chi connectivity index (χ1) is 5.00. The van der Waals surface area contributed by atoms with Gasteiger partial charge < -0.3 is 4.90 Å². The number of nitrogens with zero attached hydrogens (tertiary/aromatic N) is 1. The lowest BCUT2D eigenvalue weighted by Gasteiger charge is -2.28. The Kier molecular flexibility index (Phi) is 3.79. The fraction of sp³-hybridized carbons (Fsp3) is 0.750. The van der Waals surface area contributed by atoms with E-state index in [9.17, 15) is 9.59 Å². The molecule has 0 aliphatic carbocycles. The fourth-order valence-electron chi connectivity index (χ4n) is 1.17. The number of aldehydes is 1. The van der Waals surface area contributed by atoms with E-state index < -0.39 is 5.91 Å². The smallest absolute Gasteiger partial charge is 0.287 e. The first kappa shape index (κ1) is 10.1. The van der Waals surface area contributed by atoms with E-state index in [2.05, 4.69) is 0 Å². The molecule has 64 valence electrons. The molecule has 0 aliphatic heterocycles. The molecule has 0 spiro atoms. The second-order valence-electron chi connectivity index (χ2n) is 3.05. The quantitative estimate of drug-likeness (QED) is 0.449. The van der Waals surface area contributed by atoms with Gasteiger partial charge in [-0.3, -0.25) is 9.59 Å². The molecule has 0 aromatic carbocycles. The molecule has 11 heavy (non-hydrogen) atoms. The van der Waals surface area contributed by atoms with E-state index in [1.54, 1.807) is 4.90 Å². The maximum absolute atomic E-state index is 11.0. The van der Waals surface area contributed by atoms with Gasteiger partial charge in [0.25, 0.3) is 5.91 Å². The highest BCUT2D eigenvalue weighted by atomic mass is 16.2. The summed E-state index contributed by atoms with van der Waals surface area (Å²) in [6.07, 6.45) is 0.361. The minimum atomic E-state index is -0.435. The molecule has 0 radical (unpaired) electrons. The second-order valence-corrected chi connectivity index (χ2v) is 3.05. The van der Waals surface area contributed by atoms with E-state index >= 15 is 0 Å². The standard InChI is InChI=1S/C8H15NO2/c1-6(2)9(7(3)4)8(11)5-10/h5-7H,1-4H3. The number of carbonyl (C=O) groups excluding carboxylic acids is 2. The zero-order chi connectivity index (χ0) is 9.02. The summed E-state index contributed by atoms with van der Waals surface area (Å²) in [5.74, 6) is -0.435. The van der Waals surface area contributed by atoms with Gasteiger partial charge in [-0.05, 0) is 27.7 Å². The molecule has 0 saturated carbocycles. The maximum Gasteiger partial charge on any atom is 0.287 e. The Balaban J connectivity index is 4.33. The lowest BCUT2D eigenvalue weighted by atomic mass is 10.2. The average Bonchev–Trinajstić information content (AvgIpc) is 1.85. The van der Waals surface area contributed by atoms with E-state index in [0.29, 0.717) is 6.29 Å².